The van der Waals surface area contributed by atoms with Crippen LogP contribution in [0.4, 0.5) is 13.2 Å². The number of aryl methyl sites for hydroxylation is 1. The summed E-state index contributed by atoms with van der Waals surface area (Å²) in [6.45, 7) is 0.976. The number of aromatic nitrogens is 4. The Labute approximate surface area is 193 Å². The third-order valence-corrected chi connectivity index (χ3v) is 5.68. The van der Waals surface area contributed by atoms with Crippen molar-refractivity contribution >= 4 is 11.4 Å². The molecule has 7 nitrogen and oxygen atoms in total. The topological polar surface area (TPSA) is 70.7 Å². The molecule has 0 radical (unpaired) electrons. The van der Waals surface area contributed by atoms with Crippen LogP contribution in [0.25, 0.3) is 28.0 Å². The van der Waals surface area contributed by atoms with Crippen molar-refractivity contribution in [2.75, 3.05) is 14.2 Å². The zero-order valence-electron chi connectivity index (χ0n) is 19.1. The predicted molar refractivity (Wildman–Crippen MR) is 120 cm³/mol. The number of alkyl halides is 3. The number of ether oxygens (including phenoxy) is 2. The number of halogens is 3. The van der Waals surface area contributed by atoms with E-state index in [1.54, 1.807) is 29.2 Å². The van der Waals surface area contributed by atoms with Gasteiger partial charge in [-0.25, -0.2) is 4.98 Å². The van der Waals surface area contributed by atoms with Crippen LogP contribution in [0.1, 0.15) is 23.7 Å². The molecule has 0 saturated heterocycles. The Kier molecular flexibility index (Phi) is 6.07. The Balaban J connectivity index is 1.74. The average Bonchev–Trinajstić information content (AvgIpc) is 3.43. The summed E-state index contributed by atoms with van der Waals surface area (Å²) in [5.41, 5.74) is 3.91. The van der Waals surface area contributed by atoms with E-state index in [0.717, 1.165) is 18.1 Å². The Morgan fingerprint density at radius 1 is 1.06 bits per heavy atom. The molecule has 1 atom stereocenters. The number of hydrogen-bond acceptors (Lipinski definition) is 5. The zero-order chi connectivity index (χ0) is 24.6. The summed E-state index contributed by atoms with van der Waals surface area (Å²) >= 11 is 0. The van der Waals surface area contributed by atoms with Crippen LogP contribution < -0.4 is 9.47 Å². The lowest BCUT2D eigenvalue weighted by Gasteiger charge is -2.18. The highest BCUT2D eigenvalue weighted by atomic mass is 19.4. The molecule has 178 valence electrons. The molecule has 0 saturated carbocycles. The number of carbonyl (C=O) groups excluding carboxylic acids is 1. The first-order chi connectivity index (χ1) is 16.1. The van der Waals surface area contributed by atoms with Crippen molar-refractivity contribution in [1.29, 1.82) is 0 Å². The summed E-state index contributed by atoms with van der Waals surface area (Å²) in [5.74, 6) is -2.22. The van der Waals surface area contributed by atoms with Gasteiger partial charge in [-0.1, -0.05) is 6.92 Å². The van der Waals surface area contributed by atoms with Gasteiger partial charge in [0.25, 0.3) is 0 Å². The molecule has 0 bridgehead atoms. The maximum atomic E-state index is 13.0. The minimum atomic E-state index is -4.47. The second-order valence-electron chi connectivity index (χ2n) is 8.02. The minimum Gasteiger partial charge on any atom is -0.496 e. The number of methoxy groups -OCH3 is 2. The summed E-state index contributed by atoms with van der Waals surface area (Å²) in [6, 6.07) is 7.06. The van der Waals surface area contributed by atoms with Crippen LogP contribution in [-0.4, -0.2) is 45.3 Å². The van der Waals surface area contributed by atoms with Gasteiger partial charge in [-0.05, 0) is 29.8 Å². The normalized spacial score (nSPS) is 12.7. The van der Waals surface area contributed by atoms with Gasteiger partial charge in [-0.2, -0.15) is 18.3 Å². The fourth-order valence-corrected chi connectivity index (χ4v) is 3.77. The first-order valence-corrected chi connectivity index (χ1v) is 10.4. The van der Waals surface area contributed by atoms with E-state index in [4.69, 9.17) is 9.47 Å². The van der Waals surface area contributed by atoms with Gasteiger partial charge in [0.15, 0.2) is 5.78 Å². The van der Waals surface area contributed by atoms with E-state index in [0.29, 0.717) is 16.9 Å². The van der Waals surface area contributed by atoms with Gasteiger partial charge in [0.05, 0.1) is 38.2 Å². The highest BCUT2D eigenvalue weighted by molar-refractivity contribution is 6.02. The number of pyridine rings is 1. The van der Waals surface area contributed by atoms with Crippen molar-refractivity contribution < 1.29 is 27.4 Å². The van der Waals surface area contributed by atoms with E-state index in [-0.39, 0.29) is 17.1 Å². The molecule has 0 aliphatic heterocycles. The molecule has 0 aliphatic rings. The second-order valence-corrected chi connectivity index (χ2v) is 8.02. The first-order valence-electron chi connectivity index (χ1n) is 10.4. The van der Waals surface area contributed by atoms with Gasteiger partial charge in [0.1, 0.15) is 22.7 Å². The fraction of sp³-hybridized carbons (Fsp3) is 0.292. The van der Waals surface area contributed by atoms with E-state index < -0.39 is 24.3 Å². The number of fused-ring (bicyclic) bond motifs is 1. The van der Waals surface area contributed by atoms with E-state index in [1.165, 1.54) is 14.2 Å². The van der Waals surface area contributed by atoms with Gasteiger partial charge < -0.3 is 9.47 Å². The highest BCUT2D eigenvalue weighted by Gasteiger charge is 2.38. The molecular formula is C24H23F3N4O3. The number of carbonyl (C=O) groups is 1. The van der Waals surface area contributed by atoms with Crippen LogP contribution >= 0.6 is 0 Å². The van der Waals surface area contributed by atoms with Crippen LogP contribution in [0.2, 0.25) is 0 Å². The van der Waals surface area contributed by atoms with Crippen molar-refractivity contribution in [1.82, 2.24) is 19.2 Å². The molecule has 0 fully saturated rings. The Hall–Kier alpha value is -3.82. The van der Waals surface area contributed by atoms with Crippen molar-refractivity contribution in [2.24, 2.45) is 13.0 Å². The molecule has 0 N–H and O–H groups in total. The molecule has 34 heavy (non-hydrogen) atoms. The van der Waals surface area contributed by atoms with Crippen molar-refractivity contribution in [3.63, 3.8) is 0 Å². The minimum absolute atomic E-state index is 0.0162. The summed E-state index contributed by atoms with van der Waals surface area (Å²) in [6.07, 6.45) is 2.03. The first kappa shape index (κ1) is 23.3. The highest BCUT2D eigenvalue weighted by Crippen LogP contribution is 2.38. The summed E-state index contributed by atoms with van der Waals surface area (Å²) in [4.78, 5) is 17.2. The maximum Gasteiger partial charge on any atom is 0.391 e. The Morgan fingerprint density at radius 2 is 1.74 bits per heavy atom. The molecule has 0 amide bonds. The molecule has 0 unspecified atom stereocenters. The number of hydrogen-bond donors (Lipinski definition) is 0. The molecule has 3 heterocycles. The standard InChI is InChI=1S/C24H23F3N4O3/c1-14(24(25,26)27)7-19(32)23-20(33-3)8-16(9-21(23)34-4)18-12-28-22-10-15(5-6-31(18)22)17-11-29-30(2)13-17/h5-6,8-14H,7H2,1-4H3/t14-/m1/s1. The average molecular weight is 472 g/mol. The third kappa shape index (κ3) is 4.35. The third-order valence-electron chi connectivity index (χ3n) is 5.68. The van der Waals surface area contributed by atoms with Gasteiger partial charge in [-0.3, -0.25) is 13.9 Å². The zero-order valence-corrected chi connectivity index (χ0v) is 19.1. The maximum absolute atomic E-state index is 13.0. The molecule has 10 heteroatoms. The number of Topliss-reactive ketones (excluding diaryl/α,β-unsaturated/α-hetero) is 1. The van der Waals surface area contributed by atoms with Crippen LogP contribution in [0.3, 0.4) is 0 Å². The van der Waals surface area contributed by atoms with Crippen molar-refractivity contribution in [3.8, 4) is 33.9 Å². The van der Waals surface area contributed by atoms with Crippen LogP contribution in [0, 0.1) is 5.92 Å². The molecule has 1 aromatic carbocycles. The van der Waals surface area contributed by atoms with Crippen LogP contribution in [0.15, 0.2) is 49.1 Å². The van der Waals surface area contributed by atoms with E-state index in [9.17, 15) is 18.0 Å². The largest absolute Gasteiger partial charge is 0.496 e. The predicted octanol–water partition coefficient (Wildman–Crippen LogP) is 5.19. The van der Waals surface area contributed by atoms with E-state index >= 15 is 0 Å². The van der Waals surface area contributed by atoms with Gasteiger partial charge in [0.2, 0.25) is 0 Å². The molecule has 0 aliphatic carbocycles. The van der Waals surface area contributed by atoms with Crippen molar-refractivity contribution in [3.05, 3.63) is 54.6 Å². The Morgan fingerprint density at radius 3 is 2.29 bits per heavy atom. The Bertz CT molecular complexity index is 1330. The number of nitrogens with zero attached hydrogens (tertiary/aromatic N) is 4. The molecule has 0 spiro atoms. The fourth-order valence-electron chi connectivity index (χ4n) is 3.77. The summed E-state index contributed by atoms with van der Waals surface area (Å²) in [5, 5.41) is 4.19. The molecule has 4 rings (SSSR count). The van der Waals surface area contributed by atoms with Crippen LogP contribution in [0.5, 0.6) is 11.5 Å². The van der Waals surface area contributed by atoms with Crippen LogP contribution in [-0.2, 0) is 7.05 Å². The number of rotatable bonds is 7. The molecular weight excluding hydrogens is 449 g/mol. The second kappa shape index (κ2) is 8.85. The monoisotopic (exact) mass is 472 g/mol. The lowest BCUT2D eigenvalue weighted by molar-refractivity contribution is -0.168. The number of benzene rings is 1. The SMILES string of the molecule is COc1cc(-c2cnc3cc(-c4cnn(C)c4)ccn23)cc(OC)c1C(=O)C[C@@H](C)C(F)(F)F. The lowest BCUT2D eigenvalue weighted by atomic mass is 9.96. The number of ketones is 1. The number of imidazole rings is 1. The van der Waals surface area contributed by atoms with E-state index in [2.05, 4.69) is 10.1 Å². The summed E-state index contributed by atoms with van der Waals surface area (Å²) < 4.78 is 53.3. The van der Waals surface area contributed by atoms with Crippen molar-refractivity contribution in [2.45, 2.75) is 19.5 Å². The van der Waals surface area contributed by atoms with Gasteiger partial charge >= 0.3 is 6.18 Å². The van der Waals surface area contributed by atoms with Gasteiger partial charge in [0, 0.05) is 37.0 Å². The summed E-state index contributed by atoms with van der Waals surface area (Å²) in [7, 11) is 4.56. The lowest BCUT2D eigenvalue weighted by Crippen LogP contribution is -2.23. The quantitative estimate of drug-likeness (QED) is 0.346. The van der Waals surface area contributed by atoms with Gasteiger partial charge in [-0.15, -0.1) is 0 Å². The smallest absolute Gasteiger partial charge is 0.391 e. The molecule has 4 aromatic rings. The van der Waals surface area contributed by atoms with E-state index in [1.807, 2.05) is 36.0 Å². The molecule has 3 aromatic heterocycles.